The maximum atomic E-state index is 13.4. The quantitative estimate of drug-likeness (QED) is 0.431. The molecule has 0 bridgehead atoms. The van der Waals surface area contributed by atoms with E-state index in [1.165, 1.54) is 4.90 Å². The number of nitrogens with one attached hydrogen (secondary N) is 1. The number of aliphatic imine (C=N–C) groups is 2. The van der Waals surface area contributed by atoms with Crippen LogP contribution in [0, 0.1) is 0 Å². The molecule has 0 aromatic heterocycles. The molecular weight excluding hydrogens is 448 g/mol. The molecule has 3 aromatic carbocycles. The highest BCUT2D eigenvalue weighted by atomic mass is 35.5. The number of para-hydroxylation sites is 1. The van der Waals surface area contributed by atoms with Crippen molar-refractivity contribution in [2.75, 3.05) is 7.05 Å². The van der Waals surface area contributed by atoms with E-state index in [9.17, 15) is 9.59 Å². The van der Waals surface area contributed by atoms with Gasteiger partial charge in [-0.2, -0.15) is 9.98 Å². The van der Waals surface area contributed by atoms with Crippen LogP contribution in [0.2, 0.25) is 5.02 Å². The van der Waals surface area contributed by atoms with Gasteiger partial charge in [0.25, 0.3) is 5.91 Å². The molecule has 0 aliphatic heterocycles. The Bertz CT molecular complexity index is 1210. The first kappa shape index (κ1) is 24.9. The molecule has 3 aromatic rings. The Labute approximate surface area is 205 Å². The van der Waals surface area contributed by atoms with Crippen LogP contribution >= 0.6 is 11.6 Å². The Balaban J connectivity index is 2.02. The van der Waals surface area contributed by atoms with Crippen LogP contribution in [0.15, 0.2) is 88.8 Å². The van der Waals surface area contributed by atoms with Gasteiger partial charge in [0, 0.05) is 28.7 Å². The van der Waals surface area contributed by atoms with Crippen molar-refractivity contribution in [3.05, 3.63) is 95.0 Å². The van der Waals surface area contributed by atoms with Gasteiger partial charge in [0.2, 0.25) is 5.91 Å². The molecule has 0 heterocycles. The monoisotopic (exact) mass is 474 g/mol. The van der Waals surface area contributed by atoms with Crippen molar-refractivity contribution in [3.8, 4) is 0 Å². The van der Waals surface area contributed by atoms with E-state index in [1.54, 1.807) is 67.7 Å². The minimum Gasteiger partial charge on any atom is -0.349 e. The Morgan fingerprint density at radius 3 is 2.18 bits per heavy atom. The number of likely N-dealkylation sites (N-methyl/N-ethyl adjacent to an activating group) is 1. The van der Waals surface area contributed by atoms with Gasteiger partial charge < -0.3 is 10.2 Å². The summed E-state index contributed by atoms with van der Waals surface area (Å²) in [5.74, 6) is -0.583. The molecule has 0 aliphatic carbocycles. The number of carbonyl (C=O) groups excluding carboxylic acids is 2. The number of nitrogens with zero attached hydrogens (tertiary/aromatic N) is 3. The topological polar surface area (TPSA) is 74.1 Å². The molecule has 1 unspecified atom stereocenters. The maximum Gasteiger partial charge on any atom is 0.254 e. The van der Waals surface area contributed by atoms with E-state index in [0.29, 0.717) is 27.5 Å². The van der Waals surface area contributed by atoms with Crippen LogP contribution in [0.1, 0.15) is 42.7 Å². The third-order valence-corrected chi connectivity index (χ3v) is 5.13. The standard InChI is InChI=1S/C27H27ClN4O2/c1-27(2,3)31-25(33)24(32(4)26(34)19-10-6-5-7-11-19)22-12-8-9-13-23(22)30-18-29-21-16-14-20(28)15-17-21/h5-17,24H,1-4H3,(H,31,33). The lowest BCUT2D eigenvalue weighted by molar-refractivity contribution is -0.127. The highest BCUT2D eigenvalue weighted by Gasteiger charge is 2.32. The van der Waals surface area contributed by atoms with Crippen molar-refractivity contribution in [1.29, 1.82) is 0 Å². The first-order chi connectivity index (χ1) is 16.2. The Hall–Kier alpha value is -3.73. The number of hydrogen-bond donors (Lipinski definition) is 1. The van der Waals surface area contributed by atoms with Gasteiger partial charge in [0.15, 0.2) is 0 Å². The summed E-state index contributed by atoms with van der Waals surface area (Å²) in [5, 5.41) is 3.60. The molecule has 0 saturated heterocycles. The SMILES string of the molecule is CN(C(=O)c1ccccc1)C(C(=O)NC(C)(C)C)c1ccccc1N=C=Nc1ccc(Cl)cc1. The highest BCUT2D eigenvalue weighted by molar-refractivity contribution is 6.30. The Morgan fingerprint density at radius 2 is 1.53 bits per heavy atom. The molecular formula is C27H27ClN4O2. The molecule has 0 aliphatic rings. The molecule has 6 nitrogen and oxygen atoms in total. The first-order valence-corrected chi connectivity index (χ1v) is 11.2. The van der Waals surface area contributed by atoms with Crippen LogP contribution in [0.25, 0.3) is 0 Å². The van der Waals surface area contributed by atoms with E-state index in [4.69, 9.17) is 11.6 Å². The fourth-order valence-electron chi connectivity index (χ4n) is 3.34. The fourth-order valence-corrected chi connectivity index (χ4v) is 3.46. The predicted octanol–water partition coefficient (Wildman–Crippen LogP) is 6.21. The summed E-state index contributed by atoms with van der Waals surface area (Å²) in [7, 11) is 1.62. The molecule has 0 saturated carbocycles. The Morgan fingerprint density at radius 1 is 0.912 bits per heavy atom. The maximum absolute atomic E-state index is 13.4. The summed E-state index contributed by atoms with van der Waals surface area (Å²) in [4.78, 5) is 36.7. The van der Waals surface area contributed by atoms with Gasteiger partial charge in [0.1, 0.15) is 12.1 Å². The van der Waals surface area contributed by atoms with Gasteiger partial charge in [-0.15, -0.1) is 0 Å². The van der Waals surface area contributed by atoms with Crippen molar-refractivity contribution >= 4 is 40.8 Å². The molecule has 0 spiro atoms. The van der Waals surface area contributed by atoms with E-state index >= 15 is 0 Å². The average Bonchev–Trinajstić information content (AvgIpc) is 2.80. The molecule has 1 N–H and O–H groups in total. The molecule has 0 radical (unpaired) electrons. The predicted molar refractivity (Wildman–Crippen MR) is 136 cm³/mol. The molecule has 34 heavy (non-hydrogen) atoms. The van der Waals surface area contributed by atoms with Crippen molar-refractivity contribution in [2.45, 2.75) is 32.4 Å². The summed E-state index contributed by atoms with van der Waals surface area (Å²) < 4.78 is 0. The van der Waals surface area contributed by atoms with Gasteiger partial charge >= 0.3 is 0 Å². The minimum atomic E-state index is -0.913. The van der Waals surface area contributed by atoms with Crippen LogP contribution in [0.4, 0.5) is 11.4 Å². The van der Waals surface area contributed by atoms with Gasteiger partial charge in [-0.05, 0) is 63.2 Å². The van der Waals surface area contributed by atoms with Crippen molar-refractivity contribution in [3.63, 3.8) is 0 Å². The third kappa shape index (κ3) is 6.64. The van der Waals surface area contributed by atoms with E-state index < -0.39 is 11.6 Å². The lowest BCUT2D eigenvalue weighted by Gasteiger charge is -2.31. The number of carbonyl (C=O) groups is 2. The number of halogens is 1. The van der Waals surface area contributed by atoms with E-state index in [2.05, 4.69) is 21.3 Å². The van der Waals surface area contributed by atoms with E-state index in [0.717, 1.165) is 0 Å². The van der Waals surface area contributed by atoms with Crippen LogP contribution < -0.4 is 5.32 Å². The minimum absolute atomic E-state index is 0.275. The second-order valence-corrected chi connectivity index (χ2v) is 9.22. The third-order valence-electron chi connectivity index (χ3n) is 4.88. The molecule has 7 heteroatoms. The van der Waals surface area contributed by atoms with Crippen molar-refractivity contribution in [2.24, 2.45) is 9.98 Å². The van der Waals surface area contributed by atoms with Gasteiger partial charge in [-0.1, -0.05) is 48.0 Å². The van der Waals surface area contributed by atoms with E-state index in [1.807, 2.05) is 39.0 Å². The zero-order valence-corrected chi connectivity index (χ0v) is 20.4. The summed E-state index contributed by atoms with van der Waals surface area (Å²) in [6, 6.07) is 24.8. The summed E-state index contributed by atoms with van der Waals surface area (Å²) in [5.41, 5.74) is 1.70. The zero-order valence-electron chi connectivity index (χ0n) is 19.6. The average molecular weight is 475 g/mol. The van der Waals surface area contributed by atoms with Gasteiger partial charge in [-0.3, -0.25) is 9.59 Å². The lowest BCUT2D eigenvalue weighted by atomic mass is 9.99. The van der Waals surface area contributed by atoms with Crippen molar-refractivity contribution in [1.82, 2.24) is 10.2 Å². The normalized spacial score (nSPS) is 11.7. The van der Waals surface area contributed by atoms with Crippen LogP contribution in [0.5, 0.6) is 0 Å². The number of amides is 2. The first-order valence-electron chi connectivity index (χ1n) is 10.8. The van der Waals surface area contributed by atoms with E-state index in [-0.39, 0.29) is 11.8 Å². The van der Waals surface area contributed by atoms with Gasteiger partial charge in [0.05, 0.1) is 11.4 Å². The summed E-state index contributed by atoms with van der Waals surface area (Å²) >= 11 is 5.92. The summed E-state index contributed by atoms with van der Waals surface area (Å²) in [6.45, 7) is 5.68. The van der Waals surface area contributed by atoms with Gasteiger partial charge in [-0.25, -0.2) is 0 Å². The number of rotatable bonds is 6. The lowest BCUT2D eigenvalue weighted by Crippen LogP contribution is -2.48. The molecule has 3 rings (SSSR count). The number of benzene rings is 3. The Kier molecular flexibility index (Phi) is 8.00. The van der Waals surface area contributed by atoms with Crippen molar-refractivity contribution < 1.29 is 9.59 Å². The smallest absolute Gasteiger partial charge is 0.254 e. The fraction of sp³-hybridized carbons (Fsp3) is 0.222. The molecule has 174 valence electrons. The molecule has 2 amide bonds. The number of hydrogen-bond acceptors (Lipinski definition) is 4. The molecule has 0 fully saturated rings. The summed E-state index contributed by atoms with van der Waals surface area (Å²) in [6.07, 6.45) is 0. The largest absolute Gasteiger partial charge is 0.349 e. The zero-order chi connectivity index (χ0) is 24.7. The highest BCUT2D eigenvalue weighted by Crippen LogP contribution is 2.31. The van der Waals surface area contributed by atoms with Crippen LogP contribution in [-0.4, -0.2) is 35.3 Å². The van der Waals surface area contributed by atoms with Crippen LogP contribution in [-0.2, 0) is 4.79 Å². The second kappa shape index (κ2) is 10.9. The molecule has 1 atom stereocenters. The van der Waals surface area contributed by atoms with Crippen LogP contribution in [0.3, 0.4) is 0 Å². The second-order valence-electron chi connectivity index (χ2n) is 8.78.